The first-order valence-corrected chi connectivity index (χ1v) is 3.91. The standard InChI is InChI=1S/C8H15NO/c1-5(2)9-8(10)7-4-6(7)3/h5-7H,4H2,1-3H3,(H,9,10)/t6-,7?/m0/s1. The number of rotatable bonds is 2. The first kappa shape index (κ1) is 7.58. The minimum Gasteiger partial charge on any atom is -0.354 e. The Bertz CT molecular complexity index is 142. The molecule has 2 atom stereocenters. The molecule has 0 aromatic carbocycles. The van der Waals surface area contributed by atoms with Gasteiger partial charge in [-0.3, -0.25) is 4.79 Å². The Labute approximate surface area is 62.0 Å². The Balaban J connectivity index is 2.23. The van der Waals surface area contributed by atoms with E-state index in [0.717, 1.165) is 6.42 Å². The van der Waals surface area contributed by atoms with Crippen LogP contribution >= 0.6 is 0 Å². The summed E-state index contributed by atoms with van der Waals surface area (Å²) >= 11 is 0. The van der Waals surface area contributed by atoms with Crippen molar-refractivity contribution in [1.82, 2.24) is 5.32 Å². The molecule has 0 aromatic rings. The van der Waals surface area contributed by atoms with Gasteiger partial charge in [-0.05, 0) is 26.2 Å². The van der Waals surface area contributed by atoms with E-state index in [9.17, 15) is 4.79 Å². The summed E-state index contributed by atoms with van der Waals surface area (Å²) in [6.45, 7) is 6.10. The van der Waals surface area contributed by atoms with Crippen molar-refractivity contribution in [3.05, 3.63) is 0 Å². The Morgan fingerprint density at radius 2 is 2.10 bits per heavy atom. The Hall–Kier alpha value is -0.530. The zero-order chi connectivity index (χ0) is 7.72. The van der Waals surface area contributed by atoms with Gasteiger partial charge in [0.25, 0.3) is 0 Å². The summed E-state index contributed by atoms with van der Waals surface area (Å²) in [5.41, 5.74) is 0. The zero-order valence-corrected chi connectivity index (χ0v) is 6.85. The van der Waals surface area contributed by atoms with Crippen LogP contribution in [0.3, 0.4) is 0 Å². The maximum atomic E-state index is 11.1. The molecule has 1 aliphatic rings. The molecule has 1 saturated carbocycles. The highest BCUT2D eigenvalue weighted by molar-refractivity contribution is 5.81. The van der Waals surface area contributed by atoms with E-state index >= 15 is 0 Å². The van der Waals surface area contributed by atoms with E-state index in [4.69, 9.17) is 0 Å². The number of hydrogen-bond donors (Lipinski definition) is 1. The largest absolute Gasteiger partial charge is 0.354 e. The topological polar surface area (TPSA) is 29.1 Å². The van der Waals surface area contributed by atoms with Gasteiger partial charge in [0.1, 0.15) is 0 Å². The van der Waals surface area contributed by atoms with Crippen LogP contribution in [0, 0.1) is 11.8 Å². The number of carbonyl (C=O) groups is 1. The van der Waals surface area contributed by atoms with Crippen LogP contribution in [-0.4, -0.2) is 11.9 Å². The fraction of sp³-hybridized carbons (Fsp3) is 0.875. The van der Waals surface area contributed by atoms with Crippen molar-refractivity contribution in [1.29, 1.82) is 0 Å². The van der Waals surface area contributed by atoms with Crippen LogP contribution in [0.15, 0.2) is 0 Å². The van der Waals surface area contributed by atoms with Crippen LogP contribution in [0.25, 0.3) is 0 Å². The van der Waals surface area contributed by atoms with Crippen molar-refractivity contribution < 1.29 is 4.79 Å². The van der Waals surface area contributed by atoms with Gasteiger partial charge >= 0.3 is 0 Å². The second-order valence-electron chi connectivity index (χ2n) is 3.48. The van der Waals surface area contributed by atoms with E-state index in [-0.39, 0.29) is 5.91 Å². The van der Waals surface area contributed by atoms with Gasteiger partial charge in [-0.1, -0.05) is 6.92 Å². The van der Waals surface area contributed by atoms with E-state index in [1.807, 2.05) is 13.8 Å². The van der Waals surface area contributed by atoms with Crippen LogP contribution in [0.2, 0.25) is 0 Å². The molecule has 1 amide bonds. The smallest absolute Gasteiger partial charge is 0.223 e. The molecule has 0 spiro atoms. The molecule has 10 heavy (non-hydrogen) atoms. The van der Waals surface area contributed by atoms with Crippen molar-refractivity contribution in [2.75, 3.05) is 0 Å². The summed E-state index contributed by atoms with van der Waals surface area (Å²) < 4.78 is 0. The van der Waals surface area contributed by atoms with Crippen LogP contribution in [0.1, 0.15) is 27.2 Å². The van der Waals surface area contributed by atoms with Gasteiger partial charge in [-0.15, -0.1) is 0 Å². The lowest BCUT2D eigenvalue weighted by atomic mass is 10.3. The normalized spacial score (nSPS) is 30.4. The average Bonchev–Trinajstić information content (AvgIpc) is 2.44. The van der Waals surface area contributed by atoms with E-state index in [1.54, 1.807) is 0 Å². The fourth-order valence-electron chi connectivity index (χ4n) is 1.08. The lowest BCUT2D eigenvalue weighted by Gasteiger charge is -2.06. The van der Waals surface area contributed by atoms with Crippen LogP contribution in [0.5, 0.6) is 0 Å². The highest BCUT2D eigenvalue weighted by atomic mass is 16.2. The summed E-state index contributed by atoms with van der Waals surface area (Å²) in [5, 5.41) is 2.90. The summed E-state index contributed by atoms with van der Waals surface area (Å²) in [4.78, 5) is 11.1. The van der Waals surface area contributed by atoms with Crippen molar-refractivity contribution in [2.24, 2.45) is 11.8 Å². The molecule has 1 rings (SSSR count). The lowest BCUT2D eigenvalue weighted by molar-refractivity contribution is -0.123. The maximum absolute atomic E-state index is 11.1. The first-order valence-electron chi connectivity index (χ1n) is 3.91. The molecule has 1 fully saturated rings. The molecule has 0 saturated heterocycles. The Kier molecular flexibility index (Phi) is 1.97. The van der Waals surface area contributed by atoms with E-state index < -0.39 is 0 Å². The second kappa shape index (κ2) is 2.60. The molecule has 2 nitrogen and oxygen atoms in total. The third kappa shape index (κ3) is 1.72. The van der Waals surface area contributed by atoms with Gasteiger partial charge < -0.3 is 5.32 Å². The molecule has 2 heteroatoms. The Morgan fingerprint density at radius 1 is 1.60 bits per heavy atom. The molecule has 1 aliphatic carbocycles. The molecule has 0 heterocycles. The minimum atomic E-state index is 0.238. The quantitative estimate of drug-likeness (QED) is 0.614. The summed E-state index contributed by atoms with van der Waals surface area (Å²) in [7, 11) is 0. The van der Waals surface area contributed by atoms with Gasteiger partial charge in [0, 0.05) is 12.0 Å². The van der Waals surface area contributed by atoms with Gasteiger partial charge in [0.2, 0.25) is 5.91 Å². The zero-order valence-electron chi connectivity index (χ0n) is 6.85. The molecule has 1 N–H and O–H groups in total. The predicted molar refractivity (Wildman–Crippen MR) is 40.5 cm³/mol. The second-order valence-corrected chi connectivity index (χ2v) is 3.48. The lowest BCUT2D eigenvalue weighted by Crippen LogP contribution is -2.31. The minimum absolute atomic E-state index is 0.238. The maximum Gasteiger partial charge on any atom is 0.223 e. The number of carbonyl (C=O) groups excluding carboxylic acids is 1. The monoisotopic (exact) mass is 141 g/mol. The van der Waals surface area contributed by atoms with Gasteiger partial charge in [0.05, 0.1) is 0 Å². The molecule has 0 radical (unpaired) electrons. The van der Waals surface area contributed by atoms with Crippen molar-refractivity contribution in [2.45, 2.75) is 33.2 Å². The molecular formula is C8H15NO. The third-order valence-electron chi connectivity index (χ3n) is 1.88. The highest BCUT2D eigenvalue weighted by Crippen LogP contribution is 2.37. The summed E-state index contributed by atoms with van der Waals surface area (Å²) in [6, 6.07) is 0.292. The van der Waals surface area contributed by atoms with E-state index in [2.05, 4.69) is 12.2 Å². The average molecular weight is 141 g/mol. The SMILES string of the molecule is CC(C)NC(=O)C1C[C@@H]1C. The highest BCUT2D eigenvalue weighted by Gasteiger charge is 2.38. The van der Waals surface area contributed by atoms with Gasteiger partial charge in [0.15, 0.2) is 0 Å². The van der Waals surface area contributed by atoms with Crippen molar-refractivity contribution >= 4 is 5.91 Å². The van der Waals surface area contributed by atoms with E-state index in [0.29, 0.717) is 17.9 Å². The molecule has 0 bridgehead atoms. The van der Waals surface area contributed by atoms with Gasteiger partial charge in [-0.25, -0.2) is 0 Å². The summed E-state index contributed by atoms with van der Waals surface area (Å²) in [5.74, 6) is 1.18. The molecule has 58 valence electrons. The van der Waals surface area contributed by atoms with Crippen molar-refractivity contribution in [3.63, 3.8) is 0 Å². The van der Waals surface area contributed by atoms with Crippen LogP contribution < -0.4 is 5.32 Å². The fourth-order valence-corrected chi connectivity index (χ4v) is 1.08. The number of hydrogen-bond acceptors (Lipinski definition) is 1. The van der Waals surface area contributed by atoms with Gasteiger partial charge in [-0.2, -0.15) is 0 Å². The number of nitrogens with one attached hydrogen (secondary N) is 1. The molecular weight excluding hydrogens is 126 g/mol. The van der Waals surface area contributed by atoms with Crippen LogP contribution in [0.4, 0.5) is 0 Å². The summed E-state index contributed by atoms with van der Waals surface area (Å²) in [6.07, 6.45) is 1.08. The molecule has 0 aromatic heterocycles. The first-order chi connectivity index (χ1) is 4.61. The third-order valence-corrected chi connectivity index (χ3v) is 1.88. The van der Waals surface area contributed by atoms with E-state index in [1.165, 1.54) is 0 Å². The number of amides is 1. The molecule has 0 aliphatic heterocycles. The predicted octanol–water partition coefficient (Wildman–Crippen LogP) is 1.17. The van der Waals surface area contributed by atoms with Crippen LogP contribution in [-0.2, 0) is 4.79 Å². The van der Waals surface area contributed by atoms with Crippen molar-refractivity contribution in [3.8, 4) is 0 Å². The molecule has 1 unspecified atom stereocenters. The Morgan fingerprint density at radius 3 is 2.40 bits per heavy atom.